The number of carbonyl (C=O) groups excluding carboxylic acids is 2. The zero-order valence-corrected chi connectivity index (χ0v) is 6.66. The molecule has 0 aliphatic carbocycles. The Morgan fingerprint density at radius 1 is 1.73 bits per heavy atom. The van der Waals surface area contributed by atoms with E-state index in [1.807, 2.05) is 6.92 Å². The third kappa shape index (κ3) is 5.45. The van der Waals surface area contributed by atoms with Gasteiger partial charge in [0.1, 0.15) is 0 Å². The summed E-state index contributed by atoms with van der Waals surface area (Å²) in [7, 11) is 1.57. The summed E-state index contributed by atoms with van der Waals surface area (Å²) in [5.74, 6) is -0.441. The summed E-state index contributed by atoms with van der Waals surface area (Å²) in [6, 6.07) is 0. The van der Waals surface area contributed by atoms with Gasteiger partial charge in [0.25, 0.3) is 5.91 Å². The summed E-state index contributed by atoms with van der Waals surface area (Å²) in [6.45, 7) is 1.85. The molecule has 0 saturated heterocycles. The highest BCUT2D eigenvalue weighted by atomic mass is 16.5. The monoisotopic (exact) mass is 157 g/mol. The molecule has 0 aromatic carbocycles. The predicted octanol–water partition coefficient (Wildman–Crippen LogP) is 0.664. The number of aliphatic imine (C=N–C) groups is 1. The standard InChI is InChI=1S/C7H11NO3/c1-6(11-2)3-4-7(10)8-5-9/h6H,3-4H2,1-2H3. The first-order chi connectivity index (χ1) is 5.20. The number of hydrogen-bond acceptors (Lipinski definition) is 3. The van der Waals surface area contributed by atoms with E-state index in [4.69, 9.17) is 4.74 Å². The Hall–Kier alpha value is -0.990. The number of ether oxygens (including phenoxy) is 1. The molecule has 0 bridgehead atoms. The number of amides is 1. The molecule has 0 aromatic rings. The first-order valence-electron chi connectivity index (χ1n) is 3.34. The van der Waals surface area contributed by atoms with Crippen LogP contribution in [0.4, 0.5) is 0 Å². The summed E-state index contributed by atoms with van der Waals surface area (Å²) in [6.07, 6.45) is 2.05. The van der Waals surface area contributed by atoms with Crippen molar-refractivity contribution in [2.45, 2.75) is 25.9 Å². The van der Waals surface area contributed by atoms with Crippen molar-refractivity contribution in [2.75, 3.05) is 7.11 Å². The van der Waals surface area contributed by atoms with E-state index in [-0.39, 0.29) is 12.5 Å². The fraction of sp³-hybridized carbons (Fsp3) is 0.714. The molecule has 0 N–H and O–H groups in total. The number of methoxy groups -OCH3 is 1. The molecule has 0 fully saturated rings. The molecule has 0 rings (SSSR count). The smallest absolute Gasteiger partial charge is 0.256 e. The van der Waals surface area contributed by atoms with Gasteiger partial charge in [0, 0.05) is 13.5 Å². The Morgan fingerprint density at radius 2 is 2.36 bits per heavy atom. The van der Waals surface area contributed by atoms with Crippen LogP contribution >= 0.6 is 0 Å². The Kier molecular flexibility index (Phi) is 5.25. The summed E-state index contributed by atoms with van der Waals surface area (Å²) >= 11 is 0. The Bertz CT molecular complexity index is 173. The molecular formula is C7H11NO3. The van der Waals surface area contributed by atoms with Crippen LogP contribution in [0.5, 0.6) is 0 Å². The van der Waals surface area contributed by atoms with Gasteiger partial charge in [0.2, 0.25) is 6.08 Å². The van der Waals surface area contributed by atoms with Crippen LogP contribution in [0.3, 0.4) is 0 Å². The van der Waals surface area contributed by atoms with Crippen LogP contribution < -0.4 is 0 Å². The fourth-order valence-corrected chi connectivity index (χ4v) is 0.551. The minimum atomic E-state index is -0.441. The zero-order chi connectivity index (χ0) is 8.69. The summed E-state index contributed by atoms with van der Waals surface area (Å²) in [5.41, 5.74) is 0. The average molecular weight is 157 g/mol. The second-order valence-corrected chi connectivity index (χ2v) is 2.18. The fourth-order valence-electron chi connectivity index (χ4n) is 0.551. The van der Waals surface area contributed by atoms with E-state index in [9.17, 15) is 9.59 Å². The van der Waals surface area contributed by atoms with Crippen molar-refractivity contribution in [3.8, 4) is 0 Å². The van der Waals surface area contributed by atoms with Crippen molar-refractivity contribution < 1.29 is 14.3 Å². The lowest BCUT2D eigenvalue weighted by molar-refractivity contribution is -0.118. The van der Waals surface area contributed by atoms with Gasteiger partial charge in [-0.1, -0.05) is 0 Å². The van der Waals surface area contributed by atoms with Gasteiger partial charge in [0.15, 0.2) is 0 Å². The molecule has 0 heterocycles. The third-order valence-corrected chi connectivity index (χ3v) is 1.34. The summed E-state index contributed by atoms with van der Waals surface area (Å²) in [4.78, 5) is 23.1. The van der Waals surface area contributed by atoms with E-state index in [0.717, 1.165) is 0 Å². The van der Waals surface area contributed by atoms with E-state index in [1.165, 1.54) is 6.08 Å². The van der Waals surface area contributed by atoms with E-state index >= 15 is 0 Å². The first kappa shape index (κ1) is 10.0. The summed E-state index contributed by atoms with van der Waals surface area (Å²) < 4.78 is 4.89. The largest absolute Gasteiger partial charge is 0.382 e. The molecule has 4 nitrogen and oxygen atoms in total. The average Bonchev–Trinajstić information content (AvgIpc) is 2.01. The molecule has 0 spiro atoms. The van der Waals surface area contributed by atoms with Crippen LogP contribution in [0.2, 0.25) is 0 Å². The first-order valence-corrected chi connectivity index (χ1v) is 3.34. The summed E-state index contributed by atoms with van der Waals surface area (Å²) in [5, 5.41) is 0. The molecule has 0 aliphatic rings. The van der Waals surface area contributed by atoms with Gasteiger partial charge in [0.05, 0.1) is 6.10 Å². The van der Waals surface area contributed by atoms with Crippen LogP contribution in [0.15, 0.2) is 4.99 Å². The Morgan fingerprint density at radius 3 is 2.82 bits per heavy atom. The number of hydrogen-bond donors (Lipinski definition) is 0. The molecule has 1 amide bonds. The maximum absolute atomic E-state index is 10.6. The van der Waals surface area contributed by atoms with Crippen molar-refractivity contribution in [3.63, 3.8) is 0 Å². The molecule has 62 valence electrons. The minimum Gasteiger partial charge on any atom is -0.382 e. The maximum atomic E-state index is 10.6. The second kappa shape index (κ2) is 5.77. The molecular weight excluding hydrogens is 146 g/mol. The molecule has 4 heteroatoms. The highest BCUT2D eigenvalue weighted by Gasteiger charge is 2.03. The van der Waals surface area contributed by atoms with Gasteiger partial charge in [-0.25, -0.2) is 4.79 Å². The van der Waals surface area contributed by atoms with Crippen LogP contribution in [-0.2, 0) is 14.3 Å². The van der Waals surface area contributed by atoms with Crippen LogP contribution in [-0.4, -0.2) is 25.2 Å². The van der Waals surface area contributed by atoms with Gasteiger partial charge in [-0.2, -0.15) is 0 Å². The molecule has 1 unspecified atom stereocenters. The van der Waals surface area contributed by atoms with Gasteiger partial charge < -0.3 is 4.74 Å². The Balaban J connectivity index is 3.53. The molecule has 0 saturated carbocycles. The van der Waals surface area contributed by atoms with Crippen LogP contribution in [0.25, 0.3) is 0 Å². The van der Waals surface area contributed by atoms with E-state index in [0.29, 0.717) is 6.42 Å². The van der Waals surface area contributed by atoms with Gasteiger partial charge in [-0.05, 0) is 13.3 Å². The van der Waals surface area contributed by atoms with E-state index < -0.39 is 5.91 Å². The van der Waals surface area contributed by atoms with Crippen molar-refractivity contribution >= 4 is 12.0 Å². The lowest BCUT2D eigenvalue weighted by Gasteiger charge is -2.05. The molecule has 1 atom stereocenters. The lowest BCUT2D eigenvalue weighted by atomic mass is 10.2. The Labute approximate surface area is 65.3 Å². The van der Waals surface area contributed by atoms with Crippen molar-refractivity contribution in [2.24, 2.45) is 4.99 Å². The highest BCUT2D eigenvalue weighted by Crippen LogP contribution is 2.00. The SMILES string of the molecule is COC(C)CCC(=O)N=C=O. The van der Waals surface area contributed by atoms with Gasteiger partial charge in [-0.3, -0.25) is 4.79 Å². The normalized spacial score (nSPS) is 11.8. The van der Waals surface area contributed by atoms with Gasteiger partial charge >= 0.3 is 0 Å². The number of nitrogens with zero attached hydrogens (tertiary/aromatic N) is 1. The second-order valence-electron chi connectivity index (χ2n) is 2.18. The highest BCUT2D eigenvalue weighted by molar-refractivity contribution is 5.81. The minimum absolute atomic E-state index is 0.0285. The number of carbonyl (C=O) groups is 1. The quantitative estimate of drug-likeness (QED) is 0.445. The maximum Gasteiger partial charge on any atom is 0.256 e. The molecule has 11 heavy (non-hydrogen) atoms. The number of isocyanates is 1. The molecule has 0 aromatic heterocycles. The zero-order valence-electron chi connectivity index (χ0n) is 6.66. The third-order valence-electron chi connectivity index (χ3n) is 1.34. The van der Waals surface area contributed by atoms with E-state index in [2.05, 4.69) is 4.99 Å². The lowest BCUT2D eigenvalue weighted by Crippen LogP contribution is -2.06. The van der Waals surface area contributed by atoms with Crippen LogP contribution in [0, 0.1) is 0 Å². The molecule has 0 radical (unpaired) electrons. The topological polar surface area (TPSA) is 55.7 Å². The van der Waals surface area contributed by atoms with Crippen LogP contribution in [0.1, 0.15) is 19.8 Å². The van der Waals surface area contributed by atoms with Crippen molar-refractivity contribution in [1.29, 1.82) is 0 Å². The number of rotatable bonds is 4. The van der Waals surface area contributed by atoms with Crippen molar-refractivity contribution in [3.05, 3.63) is 0 Å². The molecule has 0 aliphatic heterocycles. The predicted molar refractivity (Wildman–Crippen MR) is 38.8 cm³/mol. The van der Waals surface area contributed by atoms with Crippen molar-refractivity contribution in [1.82, 2.24) is 0 Å². The van der Waals surface area contributed by atoms with E-state index in [1.54, 1.807) is 7.11 Å². The van der Waals surface area contributed by atoms with Gasteiger partial charge in [-0.15, -0.1) is 4.99 Å².